The molecule has 88 valence electrons. The zero-order valence-electron chi connectivity index (χ0n) is 8.36. The summed E-state index contributed by atoms with van der Waals surface area (Å²) in [4.78, 5) is 21.6. The molecule has 1 aromatic heterocycles. The molecule has 0 fully saturated rings. The van der Waals surface area contributed by atoms with E-state index in [-0.39, 0.29) is 0 Å². The standard InChI is InChI=1S/C9H10Br2N2O3/c10-3-1-2-4-12-6-7(11)5-8(9(12)14)13(15)16/h5-6H,1-4H2. The van der Waals surface area contributed by atoms with E-state index in [9.17, 15) is 14.9 Å². The zero-order chi connectivity index (χ0) is 12.1. The lowest BCUT2D eigenvalue weighted by Gasteiger charge is -2.05. The minimum Gasteiger partial charge on any atom is -0.309 e. The number of hydrogen-bond acceptors (Lipinski definition) is 3. The summed E-state index contributed by atoms with van der Waals surface area (Å²) in [6.07, 6.45) is 3.30. The van der Waals surface area contributed by atoms with Crippen molar-refractivity contribution in [2.24, 2.45) is 0 Å². The van der Waals surface area contributed by atoms with Crippen LogP contribution in [-0.4, -0.2) is 14.8 Å². The second kappa shape index (κ2) is 6.15. The third-order valence-electron chi connectivity index (χ3n) is 2.01. The van der Waals surface area contributed by atoms with Crippen LogP contribution in [0.2, 0.25) is 0 Å². The van der Waals surface area contributed by atoms with Gasteiger partial charge in [0.1, 0.15) is 0 Å². The van der Waals surface area contributed by atoms with Crippen molar-refractivity contribution in [2.45, 2.75) is 19.4 Å². The van der Waals surface area contributed by atoms with Gasteiger partial charge in [0.25, 0.3) is 0 Å². The summed E-state index contributed by atoms with van der Waals surface area (Å²) in [7, 11) is 0. The molecule has 0 aliphatic rings. The van der Waals surface area contributed by atoms with E-state index in [0.717, 1.165) is 18.2 Å². The Morgan fingerprint density at radius 3 is 2.69 bits per heavy atom. The van der Waals surface area contributed by atoms with Gasteiger partial charge in [-0.1, -0.05) is 15.9 Å². The lowest BCUT2D eigenvalue weighted by molar-refractivity contribution is -0.386. The van der Waals surface area contributed by atoms with Gasteiger partial charge in [0, 0.05) is 28.6 Å². The van der Waals surface area contributed by atoms with E-state index >= 15 is 0 Å². The molecule has 5 nitrogen and oxygen atoms in total. The first-order chi connectivity index (χ1) is 7.56. The molecule has 1 aromatic rings. The number of alkyl halides is 1. The molecule has 7 heteroatoms. The lowest BCUT2D eigenvalue weighted by Crippen LogP contribution is -2.22. The molecule has 1 rings (SSSR count). The Morgan fingerprint density at radius 1 is 1.44 bits per heavy atom. The minimum atomic E-state index is -0.659. The summed E-state index contributed by atoms with van der Waals surface area (Å²) in [6.45, 7) is 0.491. The predicted molar refractivity (Wildman–Crippen MR) is 68.1 cm³/mol. The molecule has 0 N–H and O–H groups in total. The van der Waals surface area contributed by atoms with Crippen molar-refractivity contribution in [1.82, 2.24) is 4.57 Å². The topological polar surface area (TPSA) is 65.1 Å². The third kappa shape index (κ3) is 3.41. The van der Waals surface area contributed by atoms with E-state index in [4.69, 9.17) is 0 Å². The number of rotatable bonds is 5. The number of halogens is 2. The smallest absolute Gasteiger partial charge is 0.309 e. The fraction of sp³-hybridized carbons (Fsp3) is 0.444. The Labute approximate surface area is 109 Å². The summed E-state index contributed by atoms with van der Waals surface area (Å²) < 4.78 is 1.91. The maximum Gasteiger partial charge on any atom is 0.335 e. The molecule has 0 aromatic carbocycles. The zero-order valence-corrected chi connectivity index (χ0v) is 11.5. The van der Waals surface area contributed by atoms with Crippen molar-refractivity contribution in [3.05, 3.63) is 37.2 Å². The van der Waals surface area contributed by atoms with E-state index in [1.54, 1.807) is 6.20 Å². The largest absolute Gasteiger partial charge is 0.335 e. The first-order valence-corrected chi connectivity index (χ1v) is 6.58. The molecule has 16 heavy (non-hydrogen) atoms. The van der Waals surface area contributed by atoms with Gasteiger partial charge in [0.05, 0.1) is 4.92 Å². The SMILES string of the molecule is O=c1c([N+](=O)[O-])cc(Br)cn1CCCCBr. The number of nitrogens with zero attached hydrogens (tertiary/aromatic N) is 2. The van der Waals surface area contributed by atoms with Crippen LogP contribution in [0.15, 0.2) is 21.5 Å². The average Bonchev–Trinajstić information content (AvgIpc) is 2.22. The molecule has 0 aliphatic carbocycles. The van der Waals surface area contributed by atoms with Gasteiger partial charge in [0.2, 0.25) is 0 Å². The van der Waals surface area contributed by atoms with Gasteiger partial charge in [-0.2, -0.15) is 0 Å². The monoisotopic (exact) mass is 352 g/mol. The van der Waals surface area contributed by atoms with Gasteiger partial charge in [0.15, 0.2) is 0 Å². The normalized spacial score (nSPS) is 10.4. The number of aromatic nitrogens is 1. The van der Waals surface area contributed by atoms with Crippen LogP contribution in [0.1, 0.15) is 12.8 Å². The van der Waals surface area contributed by atoms with E-state index in [2.05, 4.69) is 31.9 Å². The maximum atomic E-state index is 11.6. The van der Waals surface area contributed by atoms with Crippen LogP contribution in [0.3, 0.4) is 0 Å². The summed E-state index contributed by atoms with van der Waals surface area (Å²) >= 11 is 6.44. The molecular formula is C9H10Br2N2O3. The average molecular weight is 354 g/mol. The molecule has 0 bridgehead atoms. The van der Waals surface area contributed by atoms with E-state index < -0.39 is 16.2 Å². The van der Waals surface area contributed by atoms with Gasteiger partial charge in [-0.25, -0.2) is 0 Å². The van der Waals surface area contributed by atoms with Crippen molar-refractivity contribution in [3.8, 4) is 0 Å². The summed E-state index contributed by atoms with van der Waals surface area (Å²) in [6, 6.07) is 1.23. The molecule has 0 aliphatic heterocycles. The molecular weight excluding hydrogens is 344 g/mol. The van der Waals surface area contributed by atoms with Gasteiger partial charge in [-0.3, -0.25) is 14.9 Å². The number of pyridine rings is 1. The van der Waals surface area contributed by atoms with Crippen LogP contribution < -0.4 is 5.56 Å². The fourth-order valence-electron chi connectivity index (χ4n) is 1.26. The van der Waals surface area contributed by atoms with Crippen LogP contribution in [0, 0.1) is 10.1 Å². The fourth-order valence-corrected chi connectivity index (χ4v) is 2.12. The van der Waals surface area contributed by atoms with Gasteiger partial charge in [-0.15, -0.1) is 0 Å². The first kappa shape index (κ1) is 13.4. The number of unbranched alkanes of at least 4 members (excludes halogenated alkanes) is 1. The Kier molecular flexibility index (Phi) is 5.14. The maximum absolute atomic E-state index is 11.6. The molecule has 0 spiro atoms. The highest BCUT2D eigenvalue weighted by molar-refractivity contribution is 9.10. The highest BCUT2D eigenvalue weighted by Gasteiger charge is 2.15. The van der Waals surface area contributed by atoms with Crippen LogP contribution in [0.5, 0.6) is 0 Å². The summed E-state index contributed by atoms with van der Waals surface area (Å²) in [5, 5.41) is 11.5. The van der Waals surface area contributed by atoms with Gasteiger partial charge >= 0.3 is 11.2 Å². The van der Waals surface area contributed by atoms with Crippen LogP contribution in [-0.2, 0) is 6.54 Å². The lowest BCUT2D eigenvalue weighted by atomic mass is 10.3. The highest BCUT2D eigenvalue weighted by Crippen LogP contribution is 2.14. The van der Waals surface area contributed by atoms with Gasteiger partial charge in [-0.05, 0) is 28.8 Å². The van der Waals surface area contributed by atoms with Crippen molar-refractivity contribution in [1.29, 1.82) is 0 Å². The van der Waals surface area contributed by atoms with E-state index in [1.165, 1.54) is 10.6 Å². The molecule has 1 heterocycles. The Morgan fingerprint density at radius 2 is 2.12 bits per heavy atom. The van der Waals surface area contributed by atoms with Crippen molar-refractivity contribution >= 4 is 37.5 Å². The molecule has 0 unspecified atom stereocenters. The van der Waals surface area contributed by atoms with Crippen LogP contribution in [0.4, 0.5) is 5.69 Å². The van der Waals surface area contributed by atoms with Crippen LogP contribution in [0.25, 0.3) is 0 Å². The third-order valence-corrected chi connectivity index (χ3v) is 3.01. The highest BCUT2D eigenvalue weighted by atomic mass is 79.9. The first-order valence-electron chi connectivity index (χ1n) is 4.66. The molecule has 0 atom stereocenters. The Bertz CT molecular complexity index is 445. The predicted octanol–water partition coefficient (Wildman–Crippen LogP) is 2.69. The number of nitro groups is 1. The van der Waals surface area contributed by atoms with Crippen molar-refractivity contribution < 1.29 is 4.92 Å². The summed E-state index contributed by atoms with van der Waals surface area (Å²) in [5.41, 5.74) is -0.948. The number of aryl methyl sites for hydroxylation is 1. The molecule has 0 saturated carbocycles. The molecule has 0 saturated heterocycles. The second-order valence-corrected chi connectivity index (χ2v) is 4.90. The van der Waals surface area contributed by atoms with Crippen LogP contribution >= 0.6 is 31.9 Å². The van der Waals surface area contributed by atoms with E-state index in [1.807, 2.05) is 0 Å². The Balaban J connectivity index is 3.00. The van der Waals surface area contributed by atoms with Crippen molar-refractivity contribution in [3.63, 3.8) is 0 Å². The quantitative estimate of drug-likeness (QED) is 0.354. The minimum absolute atomic E-state index is 0.395. The Hall–Kier alpha value is -0.690. The van der Waals surface area contributed by atoms with Gasteiger partial charge < -0.3 is 4.57 Å². The van der Waals surface area contributed by atoms with Crippen molar-refractivity contribution in [2.75, 3.05) is 5.33 Å². The second-order valence-electron chi connectivity index (χ2n) is 3.20. The summed E-state index contributed by atoms with van der Waals surface area (Å²) in [5.74, 6) is 0. The molecule has 0 amide bonds. The van der Waals surface area contributed by atoms with E-state index in [0.29, 0.717) is 11.0 Å². The molecule has 0 radical (unpaired) electrons. The number of hydrogen-bond donors (Lipinski definition) is 0.